The largest absolute Gasteiger partial charge is 0.457 e. The van der Waals surface area contributed by atoms with E-state index in [0.29, 0.717) is 17.1 Å². The van der Waals surface area contributed by atoms with E-state index in [1.165, 1.54) is 0 Å². The first-order valence-electron chi connectivity index (χ1n) is 5.35. The van der Waals surface area contributed by atoms with Gasteiger partial charge in [-0.15, -0.1) is 0 Å². The summed E-state index contributed by atoms with van der Waals surface area (Å²) in [6.45, 7) is 0. The molecule has 0 aliphatic rings. The summed E-state index contributed by atoms with van der Waals surface area (Å²) in [6, 6.07) is 16.5. The van der Waals surface area contributed by atoms with Crippen LogP contribution in [0.2, 0.25) is 0 Å². The maximum absolute atomic E-state index is 11.6. The van der Waals surface area contributed by atoms with Gasteiger partial charge in [0.15, 0.2) is 0 Å². The van der Waals surface area contributed by atoms with Crippen LogP contribution in [0.5, 0.6) is 11.5 Å². The molecule has 3 heteroatoms. The lowest BCUT2D eigenvalue weighted by Gasteiger charge is -2.09. The van der Waals surface area contributed by atoms with Crippen molar-refractivity contribution in [3.8, 4) is 11.5 Å². The molecule has 0 heterocycles. The van der Waals surface area contributed by atoms with Crippen LogP contribution in [0.3, 0.4) is 0 Å². The zero-order valence-electron chi connectivity index (χ0n) is 9.51. The Morgan fingerprint density at radius 1 is 1.00 bits per heavy atom. The van der Waals surface area contributed by atoms with E-state index in [1.807, 2.05) is 42.5 Å². The normalized spacial score (nSPS) is 9.71. The summed E-state index contributed by atoms with van der Waals surface area (Å²) in [6.07, 6.45) is 0. The summed E-state index contributed by atoms with van der Waals surface area (Å²) in [5.74, 6) is 1.11. The van der Waals surface area contributed by atoms with Gasteiger partial charge in [-0.3, -0.25) is 4.79 Å². The molecule has 2 rings (SSSR count). The van der Waals surface area contributed by atoms with E-state index in [9.17, 15) is 4.79 Å². The van der Waals surface area contributed by atoms with Gasteiger partial charge in [-0.2, -0.15) is 0 Å². The molecule has 3 nitrogen and oxygen atoms in total. The van der Waals surface area contributed by atoms with Crippen molar-refractivity contribution in [2.45, 2.75) is 0 Å². The van der Waals surface area contributed by atoms with Crippen LogP contribution in [0, 0.1) is 0 Å². The fourth-order valence-electron chi connectivity index (χ4n) is 1.49. The molecule has 0 aliphatic carbocycles. The van der Waals surface area contributed by atoms with Crippen molar-refractivity contribution < 1.29 is 9.53 Å². The number of carbonyl (C=O) groups excluding carboxylic acids is 1. The number of hydrogen-bond acceptors (Lipinski definition) is 2. The topological polar surface area (TPSA) is 38.3 Å². The molecular weight excluding hydrogens is 214 g/mol. The SMILES string of the molecule is CNC(=O)c1ccccc1Oc1ccccc1. The van der Waals surface area contributed by atoms with E-state index in [2.05, 4.69) is 5.32 Å². The van der Waals surface area contributed by atoms with Crippen LogP contribution >= 0.6 is 0 Å². The van der Waals surface area contributed by atoms with E-state index >= 15 is 0 Å². The molecule has 0 unspecified atom stereocenters. The maximum atomic E-state index is 11.6. The zero-order chi connectivity index (χ0) is 12.1. The smallest absolute Gasteiger partial charge is 0.254 e. The van der Waals surface area contributed by atoms with Gasteiger partial charge in [-0.1, -0.05) is 30.3 Å². The molecule has 17 heavy (non-hydrogen) atoms. The van der Waals surface area contributed by atoms with E-state index in [-0.39, 0.29) is 5.91 Å². The fraction of sp³-hybridized carbons (Fsp3) is 0.0714. The van der Waals surface area contributed by atoms with Crippen molar-refractivity contribution in [3.63, 3.8) is 0 Å². The molecule has 0 fully saturated rings. The summed E-state index contributed by atoms with van der Waals surface area (Å²) >= 11 is 0. The van der Waals surface area contributed by atoms with Crippen molar-refractivity contribution in [2.24, 2.45) is 0 Å². The van der Waals surface area contributed by atoms with Crippen LogP contribution < -0.4 is 10.1 Å². The van der Waals surface area contributed by atoms with Crippen LogP contribution in [0.15, 0.2) is 54.6 Å². The lowest BCUT2D eigenvalue weighted by Crippen LogP contribution is -2.18. The Labute approximate surface area is 100 Å². The number of hydrogen-bond donors (Lipinski definition) is 1. The molecule has 0 aromatic heterocycles. The molecule has 0 spiro atoms. The predicted octanol–water partition coefficient (Wildman–Crippen LogP) is 2.84. The first-order chi connectivity index (χ1) is 8.31. The number of nitrogens with one attached hydrogen (secondary N) is 1. The predicted molar refractivity (Wildman–Crippen MR) is 66.3 cm³/mol. The van der Waals surface area contributed by atoms with Crippen LogP contribution in [0.25, 0.3) is 0 Å². The molecule has 2 aromatic carbocycles. The number of amides is 1. The van der Waals surface area contributed by atoms with Crippen molar-refractivity contribution in [1.82, 2.24) is 5.32 Å². The molecule has 2 aromatic rings. The Balaban J connectivity index is 2.30. The number of ether oxygens (including phenoxy) is 1. The van der Waals surface area contributed by atoms with Crippen molar-refractivity contribution in [1.29, 1.82) is 0 Å². The van der Waals surface area contributed by atoms with Crippen molar-refractivity contribution in [3.05, 3.63) is 60.2 Å². The monoisotopic (exact) mass is 227 g/mol. The molecule has 0 saturated heterocycles. The van der Waals surface area contributed by atoms with Gasteiger partial charge < -0.3 is 10.1 Å². The van der Waals surface area contributed by atoms with Gasteiger partial charge in [0.2, 0.25) is 0 Å². The Hall–Kier alpha value is -2.29. The third kappa shape index (κ3) is 2.64. The lowest BCUT2D eigenvalue weighted by molar-refractivity contribution is 0.0961. The summed E-state index contributed by atoms with van der Waals surface area (Å²) in [5.41, 5.74) is 0.527. The molecule has 86 valence electrons. The first kappa shape index (κ1) is 11.2. The lowest BCUT2D eigenvalue weighted by atomic mass is 10.2. The van der Waals surface area contributed by atoms with Gasteiger partial charge in [-0.25, -0.2) is 0 Å². The van der Waals surface area contributed by atoms with Crippen molar-refractivity contribution >= 4 is 5.91 Å². The highest BCUT2D eigenvalue weighted by molar-refractivity contribution is 5.96. The van der Waals surface area contributed by atoms with Crippen LogP contribution in [-0.4, -0.2) is 13.0 Å². The second-order valence-corrected chi connectivity index (χ2v) is 3.49. The Bertz CT molecular complexity index is 509. The number of benzene rings is 2. The van der Waals surface area contributed by atoms with Gasteiger partial charge in [-0.05, 0) is 24.3 Å². The molecule has 0 saturated carbocycles. The molecule has 0 atom stereocenters. The van der Waals surface area contributed by atoms with E-state index in [1.54, 1.807) is 19.2 Å². The van der Waals surface area contributed by atoms with Gasteiger partial charge in [0.05, 0.1) is 5.56 Å². The molecular formula is C14H13NO2. The quantitative estimate of drug-likeness (QED) is 0.875. The molecule has 1 N–H and O–H groups in total. The summed E-state index contributed by atoms with van der Waals surface area (Å²) in [7, 11) is 1.60. The average molecular weight is 227 g/mol. The van der Waals surface area contributed by atoms with Gasteiger partial charge in [0, 0.05) is 7.05 Å². The van der Waals surface area contributed by atoms with E-state index in [0.717, 1.165) is 0 Å². The Morgan fingerprint density at radius 3 is 2.35 bits per heavy atom. The molecule has 0 bridgehead atoms. The minimum Gasteiger partial charge on any atom is -0.457 e. The fourth-order valence-corrected chi connectivity index (χ4v) is 1.49. The highest BCUT2D eigenvalue weighted by Crippen LogP contribution is 2.24. The second-order valence-electron chi connectivity index (χ2n) is 3.49. The van der Waals surface area contributed by atoms with E-state index < -0.39 is 0 Å². The van der Waals surface area contributed by atoms with Gasteiger partial charge in [0.25, 0.3) is 5.91 Å². The number of rotatable bonds is 3. The minimum atomic E-state index is -0.156. The average Bonchev–Trinajstić information content (AvgIpc) is 2.40. The van der Waals surface area contributed by atoms with Gasteiger partial charge >= 0.3 is 0 Å². The van der Waals surface area contributed by atoms with E-state index in [4.69, 9.17) is 4.74 Å². The molecule has 1 amide bonds. The summed E-state index contributed by atoms with van der Waals surface area (Å²) < 4.78 is 5.67. The van der Waals surface area contributed by atoms with Crippen LogP contribution in [-0.2, 0) is 0 Å². The zero-order valence-corrected chi connectivity index (χ0v) is 9.51. The third-order valence-corrected chi connectivity index (χ3v) is 2.33. The summed E-state index contributed by atoms with van der Waals surface area (Å²) in [4.78, 5) is 11.6. The number of carbonyl (C=O) groups is 1. The minimum absolute atomic E-state index is 0.156. The molecule has 0 aliphatic heterocycles. The van der Waals surface area contributed by atoms with Crippen LogP contribution in [0.1, 0.15) is 10.4 Å². The van der Waals surface area contributed by atoms with Crippen molar-refractivity contribution in [2.75, 3.05) is 7.05 Å². The molecule has 0 radical (unpaired) electrons. The summed E-state index contributed by atoms with van der Waals surface area (Å²) in [5, 5.41) is 2.59. The highest BCUT2D eigenvalue weighted by Gasteiger charge is 2.10. The second kappa shape index (κ2) is 5.16. The standard InChI is InChI=1S/C14H13NO2/c1-15-14(16)12-9-5-6-10-13(12)17-11-7-3-2-4-8-11/h2-10H,1H3,(H,15,16). The number of para-hydroxylation sites is 2. The Morgan fingerprint density at radius 2 is 1.65 bits per heavy atom. The van der Waals surface area contributed by atoms with Gasteiger partial charge in [0.1, 0.15) is 11.5 Å². The first-order valence-corrected chi connectivity index (χ1v) is 5.35. The highest BCUT2D eigenvalue weighted by atomic mass is 16.5. The Kier molecular flexibility index (Phi) is 3.40. The van der Waals surface area contributed by atoms with Crippen LogP contribution in [0.4, 0.5) is 0 Å². The third-order valence-electron chi connectivity index (χ3n) is 2.33. The maximum Gasteiger partial charge on any atom is 0.254 e.